The Morgan fingerprint density at radius 1 is 1.16 bits per heavy atom. The number of rotatable bonds is 6. The summed E-state index contributed by atoms with van der Waals surface area (Å²) < 4.78 is 1.31. The Morgan fingerprint density at radius 2 is 1.96 bits per heavy atom. The maximum atomic E-state index is 12.4. The second-order valence-electron chi connectivity index (χ2n) is 6.05. The fourth-order valence-corrected chi connectivity index (χ4v) is 2.69. The summed E-state index contributed by atoms with van der Waals surface area (Å²) in [5, 5.41) is 3.34. The summed E-state index contributed by atoms with van der Waals surface area (Å²) >= 11 is 0. The highest BCUT2D eigenvalue weighted by atomic mass is 16.2. The van der Waals surface area contributed by atoms with E-state index in [1.807, 2.05) is 25.1 Å². The van der Waals surface area contributed by atoms with Gasteiger partial charge in [-0.25, -0.2) is 9.97 Å². The van der Waals surface area contributed by atoms with Crippen LogP contribution in [-0.4, -0.2) is 26.5 Å². The molecule has 0 saturated heterocycles. The molecular formula is C19H20N4O2. The number of aromatic nitrogens is 3. The van der Waals surface area contributed by atoms with Crippen LogP contribution in [0.15, 0.2) is 59.8 Å². The Morgan fingerprint density at radius 3 is 2.76 bits per heavy atom. The molecule has 2 heterocycles. The van der Waals surface area contributed by atoms with Gasteiger partial charge in [0.05, 0.1) is 5.39 Å². The fourth-order valence-electron chi connectivity index (χ4n) is 2.69. The van der Waals surface area contributed by atoms with Crippen LogP contribution in [0.1, 0.15) is 18.9 Å². The van der Waals surface area contributed by atoms with Gasteiger partial charge in [0.1, 0.15) is 12.9 Å². The van der Waals surface area contributed by atoms with E-state index in [-0.39, 0.29) is 24.1 Å². The number of amides is 1. The number of pyridine rings is 1. The monoisotopic (exact) mass is 336 g/mol. The van der Waals surface area contributed by atoms with E-state index in [4.69, 9.17) is 0 Å². The molecule has 128 valence electrons. The quantitative estimate of drug-likeness (QED) is 0.746. The van der Waals surface area contributed by atoms with Crippen molar-refractivity contribution in [1.82, 2.24) is 19.9 Å². The van der Waals surface area contributed by atoms with Crippen molar-refractivity contribution in [2.75, 3.05) is 0 Å². The van der Waals surface area contributed by atoms with E-state index in [2.05, 4.69) is 27.4 Å². The summed E-state index contributed by atoms with van der Waals surface area (Å²) in [5.41, 5.74) is 1.37. The molecule has 1 aromatic carbocycles. The van der Waals surface area contributed by atoms with E-state index in [1.54, 1.807) is 18.3 Å². The van der Waals surface area contributed by atoms with Crippen molar-refractivity contribution in [3.05, 3.63) is 70.9 Å². The average molecular weight is 336 g/mol. The SMILES string of the molecule is C[C@H](CCc1ccccc1)NC(=O)Cn1cnc2ncccc2c1=O. The molecule has 0 fully saturated rings. The topological polar surface area (TPSA) is 76.9 Å². The zero-order valence-corrected chi connectivity index (χ0v) is 14.1. The van der Waals surface area contributed by atoms with Crippen LogP contribution in [0.4, 0.5) is 0 Å². The van der Waals surface area contributed by atoms with E-state index in [1.165, 1.54) is 16.5 Å². The van der Waals surface area contributed by atoms with Gasteiger partial charge >= 0.3 is 0 Å². The van der Waals surface area contributed by atoms with E-state index in [0.29, 0.717) is 11.0 Å². The summed E-state index contributed by atoms with van der Waals surface area (Å²) in [6.45, 7) is 1.92. The van der Waals surface area contributed by atoms with Gasteiger partial charge in [-0.2, -0.15) is 0 Å². The van der Waals surface area contributed by atoms with E-state index in [0.717, 1.165) is 12.8 Å². The number of hydrogen-bond donors (Lipinski definition) is 1. The van der Waals surface area contributed by atoms with Crippen molar-refractivity contribution in [3.63, 3.8) is 0 Å². The van der Waals surface area contributed by atoms with Crippen LogP contribution >= 0.6 is 0 Å². The maximum Gasteiger partial charge on any atom is 0.263 e. The van der Waals surface area contributed by atoms with Gasteiger partial charge in [-0.1, -0.05) is 30.3 Å². The molecule has 6 heteroatoms. The molecule has 0 bridgehead atoms. The van der Waals surface area contributed by atoms with Crippen molar-refractivity contribution in [1.29, 1.82) is 0 Å². The van der Waals surface area contributed by atoms with E-state index >= 15 is 0 Å². The number of aryl methyl sites for hydroxylation is 1. The molecule has 0 saturated carbocycles. The van der Waals surface area contributed by atoms with Crippen molar-refractivity contribution in [3.8, 4) is 0 Å². The maximum absolute atomic E-state index is 12.4. The highest BCUT2D eigenvalue weighted by molar-refractivity contribution is 5.77. The Kier molecular flexibility index (Phi) is 5.18. The van der Waals surface area contributed by atoms with Crippen molar-refractivity contribution < 1.29 is 4.79 Å². The smallest absolute Gasteiger partial charge is 0.263 e. The van der Waals surface area contributed by atoms with Crippen LogP contribution in [0.5, 0.6) is 0 Å². The minimum atomic E-state index is -0.259. The molecule has 0 unspecified atom stereocenters. The number of nitrogens with one attached hydrogen (secondary N) is 1. The molecule has 0 radical (unpaired) electrons. The molecule has 25 heavy (non-hydrogen) atoms. The van der Waals surface area contributed by atoms with Gasteiger partial charge in [-0.3, -0.25) is 14.2 Å². The standard InChI is InChI=1S/C19H20N4O2/c1-14(9-10-15-6-3-2-4-7-15)22-17(24)12-23-13-21-18-16(19(23)25)8-5-11-20-18/h2-8,11,13-14H,9-10,12H2,1H3,(H,22,24)/t14-/m1/s1. The first-order valence-electron chi connectivity index (χ1n) is 8.27. The third-order valence-electron chi connectivity index (χ3n) is 4.03. The molecule has 0 spiro atoms. The number of nitrogens with zero attached hydrogens (tertiary/aromatic N) is 3. The van der Waals surface area contributed by atoms with Crippen LogP contribution < -0.4 is 10.9 Å². The Labute approximate surface area is 145 Å². The first-order valence-corrected chi connectivity index (χ1v) is 8.27. The minimum absolute atomic E-state index is 0.0264. The third kappa shape index (κ3) is 4.29. The zero-order valence-electron chi connectivity index (χ0n) is 14.1. The average Bonchev–Trinajstić information content (AvgIpc) is 2.63. The summed E-state index contributed by atoms with van der Waals surface area (Å²) in [7, 11) is 0. The summed E-state index contributed by atoms with van der Waals surface area (Å²) in [6.07, 6.45) is 4.68. The van der Waals surface area contributed by atoms with Gasteiger partial charge in [0.15, 0.2) is 5.65 Å². The number of fused-ring (bicyclic) bond motifs is 1. The number of carbonyl (C=O) groups excluding carboxylic acids is 1. The Balaban J connectivity index is 1.59. The van der Waals surface area contributed by atoms with Gasteiger partial charge in [0.2, 0.25) is 5.91 Å². The lowest BCUT2D eigenvalue weighted by Gasteiger charge is -2.14. The summed E-state index contributed by atoms with van der Waals surface area (Å²) in [5.74, 6) is -0.201. The van der Waals surface area contributed by atoms with Gasteiger partial charge in [-0.05, 0) is 37.5 Å². The van der Waals surface area contributed by atoms with E-state index in [9.17, 15) is 9.59 Å². The summed E-state index contributed by atoms with van der Waals surface area (Å²) in [6, 6.07) is 13.5. The molecule has 3 rings (SSSR count). The third-order valence-corrected chi connectivity index (χ3v) is 4.03. The number of benzene rings is 1. The molecule has 6 nitrogen and oxygen atoms in total. The van der Waals surface area contributed by atoms with Crippen LogP contribution in [0.3, 0.4) is 0 Å². The lowest BCUT2D eigenvalue weighted by molar-refractivity contribution is -0.122. The van der Waals surface area contributed by atoms with Crippen LogP contribution in [0, 0.1) is 0 Å². The lowest BCUT2D eigenvalue weighted by atomic mass is 10.1. The normalized spacial score (nSPS) is 12.0. The van der Waals surface area contributed by atoms with Crippen LogP contribution in [0.2, 0.25) is 0 Å². The number of carbonyl (C=O) groups is 1. The first kappa shape index (κ1) is 16.8. The van der Waals surface area contributed by atoms with Crippen molar-refractivity contribution in [2.24, 2.45) is 0 Å². The highest BCUT2D eigenvalue weighted by Crippen LogP contribution is 2.05. The lowest BCUT2D eigenvalue weighted by Crippen LogP contribution is -2.37. The second-order valence-corrected chi connectivity index (χ2v) is 6.05. The molecule has 1 amide bonds. The highest BCUT2D eigenvalue weighted by Gasteiger charge is 2.11. The predicted molar refractivity (Wildman–Crippen MR) is 96.2 cm³/mol. The van der Waals surface area contributed by atoms with Crippen LogP contribution in [-0.2, 0) is 17.8 Å². The van der Waals surface area contributed by atoms with Gasteiger partial charge < -0.3 is 5.32 Å². The molecule has 1 N–H and O–H groups in total. The van der Waals surface area contributed by atoms with E-state index < -0.39 is 0 Å². The predicted octanol–water partition coefficient (Wildman–Crippen LogP) is 1.93. The van der Waals surface area contributed by atoms with Crippen molar-refractivity contribution >= 4 is 16.9 Å². The van der Waals surface area contributed by atoms with Gasteiger partial charge in [0, 0.05) is 12.2 Å². The molecule has 0 aliphatic rings. The largest absolute Gasteiger partial charge is 0.352 e. The molecule has 3 aromatic rings. The van der Waals surface area contributed by atoms with Gasteiger partial charge in [-0.15, -0.1) is 0 Å². The minimum Gasteiger partial charge on any atom is -0.352 e. The molecular weight excluding hydrogens is 316 g/mol. The molecule has 1 atom stereocenters. The molecule has 0 aliphatic heterocycles. The first-order chi connectivity index (χ1) is 12.1. The fraction of sp³-hybridized carbons (Fsp3) is 0.263. The van der Waals surface area contributed by atoms with Gasteiger partial charge in [0.25, 0.3) is 5.56 Å². The molecule has 2 aromatic heterocycles. The number of hydrogen-bond acceptors (Lipinski definition) is 4. The summed E-state index contributed by atoms with van der Waals surface area (Å²) in [4.78, 5) is 32.7. The Hall–Kier alpha value is -3.02. The van der Waals surface area contributed by atoms with Crippen LogP contribution in [0.25, 0.3) is 11.0 Å². The van der Waals surface area contributed by atoms with Crippen molar-refractivity contribution in [2.45, 2.75) is 32.4 Å². The Bertz CT molecular complexity index is 921. The molecule has 0 aliphatic carbocycles. The second kappa shape index (κ2) is 7.70. The zero-order chi connectivity index (χ0) is 17.6.